The van der Waals surface area contributed by atoms with Gasteiger partial charge >= 0.3 is 37.7 Å². The third-order valence-electron chi connectivity index (χ3n) is 6.41. The Kier molecular flexibility index (Phi) is 18.1. The normalized spacial score (nSPS) is 17.3. The van der Waals surface area contributed by atoms with Gasteiger partial charge in [0.15, 0.2) is 0 Å². The van der Waals surface area contributed by atoms with Crippen molar-refractivity contribution in [2.75, 3.05) is 45.8 Å². The Bertz CT molecular complexity index is 702. The molecule has 2 heterocycles. The SMILES string of the molecule is [CH2-]CC[N-][C@@H](CN1CCCCC1)c1ccccc1.[Li+].[Li+].c1ccc([CH-]CN2CCCCC2)cc1. The Morgan fingerprint density at radius 3 is 1.82 bits per heavy atom. The van der Waals surface area contributed by atoms with Crippen LogP contribution in [0.5, 0.6) is 0 Å². The molecule has 2 fully saturated rings. The molecule has 2 aliphatic heterocycles. The number of hydrogen-bond donors (Lipinski definition) is 0. The minimum Gasteiger partial charge on any atom is -0.657 e. The van der Waals surface area contributed by atoms with Crippen LogP contribution in [-0.2, 0) is 0 Å². The van der Waals surface area contributed by atoms with Gasteiger partial charge in [0.25, 0.3) is 0 Å². The number of piperidine rings is 2. The minimum atomic E-state index is 0. The van der Waals surface area contributed by atoms with E-state index < -0.39 is 0 Å². The third kappa shape index (κ3) is 12.4. The van der Waals surface area contributed by atoms with Crippen molar-refractivity contribution < 1.29 is 37.7 Å². The van der Waals surface area contributed by atoms with E-state index in [1.165, 1.54) is 75.8 Å². The van der Waals surface area contributed by atoms with Crippen LogP contribution in [0.15, 0.2) is 60.7 Å². The van der Waals surface area contributed by atoms with Crippen LogP contribution in [0, 0.1) is 13.3 Å². The van der Waals surface area contributed by atoms with E-state index in [1.54, 1.807) is 0 Å². The van der Waals surface area contributed by atoms with Crippen molar-refractivity contribution in [2.24, 2.45) is 0 Å². The summed E-state index contributed by atoms with van der Waals surface area (Å²) in [6.07, 6.45) is 11.5. The zero-order valence-corrected chi connectivity index (χ0v) is 21.9. The fourth-order valence-electron chi connectivity index (χ4n) is 4.54. The van der Waals surface area contributed by atoms with E-state index in [0.29, 0.717) is 6.04 Å². The van der Waals surface area contributed by atoms with Crippen molar-refractivity contribution in [1.82, 2.24) is 9.80 Å². The molecule has 5 heteroatoms. The van der Waals surface area contributed by atoms with Gasteiger partial charge in [0.1, 0.15) is 0 Å². The summed E-state index contributed by atoms with van der Waals surface area (Å²) >= 11 is 0. The Balaban J connectivity index is 0.000000329. The van der Waals surface area contributed by atoms with Crippen molar-refractivity contribution in [3.05, 3.63) is 90.5 Å². The molecule has 2 aliphatic rings. The molecular weight excluding hydrogens is 404 g/mol. The van der Waals surface area contributed by atoms with E-state index in [0.717, 1.165) is 26.1 Å². The molecule has 0 aliphatic carbocycles. The van der Waals surface area contributed by atoms with Crippen molar-refractivity contribution >= 4 is 0 Å². The van der Waals surface area contributed by atoms with Gasteiger partial charge in [0.2, 0.25) is 0 Å². The predicted molar refractivity (Wildman–Crippen MR) is 138 cm³/mol. The van der Waals surface area contributed by atoms with Crippen LogP contribution in [0.3, 0.4) is 0 Å². The summed E-state index contributed by atoms with van der Waals surface area (Å²) in [5.74, 6) is 0. The molecule has 0 spiro atoms. The summed E-state index contributed by atoms with van der Waals surface area (Å²) in [7, 11) is 0. The van der Waals surface area contributed by atoms with Gasteiger partial charge in [-0.3, -0.25) is 0 Å². The Labute approximate surface area is 233 Å². The van der Waals surface area contributed by atoms with E-state index in [2.05, 4.69) is 83.8 Å². The number of likely N-dealkylation sites (tertiary alicyclic amines) is 2. The third-order valence-corrected chi connectivity index (χ3v) is 6.41. The summed E-state index contributed by atoms with van der Waals surface area (Å²) in [6.45, 7) is 12.0. The second-order valence-electron chi connectivity index (χ2n) is 9.02. The maximum absolute atomic E-state index is 4.80. The van der Waals surface area contributed by atoms with Gasteiger partial charge in [0, 0.05) is 0 Å². The van der Waals surface area contributed by atoms with Gasteiger partial charge in [0.05, 0.1) is 0 Å². The molecule has 0 saturated carbocycles. The van der Waals surface area contributed by atoms with E-state index in [9.17, 15) is 0 Å². The second-order valence-corrected chi connectivity index (χ2v) is 9.02. The van der Waals surface area contributed by atoms with Gasteiger partial charge in [-0.1, -0.05) is 60.8 Å². The minimum absolute atomic E-state index is 0. The average molecular weight is 447 g/mol. The first-order chi connectivity index (χ1) is 15.8. The average Bonchev–Trinajstić information content (AvgIpc) is 2.88. The van der Waals surface area contributed by atoms with Crippen LogP contribution < -0.4 is 37.7 Å². The van der Waals surface area contributed by atoms with Crippen LogP contribution in [0.25, 0.3) is 5.32 Å². The van der Waals surface area contributed by atoms with E-state index in [1.807, 2.05) is 0 Å². The topological polar surface area (TPSA) is 20.6 Å². The number of hydrogen-bond acceptors (Lipinski definition) is 2. The second kappa shape index (κ2) is 19.6. The number of nitrogens with zero attached hydrogens (tertiary/aromatic N) is 3. The smallest absolute Gasteiger partial charge is 0.657 e. The first-order valence-electron chi connectivity index (χ1n) is 12.7. The van der Waals surface area contributed by atoms with Crippen LogP contribution >= 0.6 is 0 Å². The van der Waals surface area contributed by atoms with Gasteiger partial charge < -0.3 is 22.0 Å². The largest absolute Gasteiger partial charge is 1.00 e. The van der Waals surface area contributed by atoms with Crippen LogP contribution in [-0.4, -0.2) is 55.6 Å². The van der Waals surface area contributed by atoms with Crippen molar-refractivity contribution in [3.8, 4) is 0 Å². The molecule has 1 atom stereocenters. The molecule has 4 rings (SSSR count). The molecule has 0 amide bonds. The molecule has 2 aromatic rings. The number of benzene rings is 2. The molecule has 2 aromatic carbocycles. The molecule has 0 unspecified atom stereocenters. The van der Waals surface area contributed by atoms with Crippen molar-refractivity contribution in [2.45, 2.75) is 51.0 Å². The molecular formula is C29H42Li2N3-. The predicted octanol–water partition coefficient (Wildman–Crippen LogP) is 0.544. The summed E-state index contributed by atoms with van der Waals surface area (Å²) in [5, 5.41) is 4.80. The van der Waals surface area contributed by atoms with Crippen molar-refractivity contribution in [3.63, 3.8) is 0 Å². The zero-order valence-electron chi connectivity index (χ0n) is 21.9. The molecule has 0 radical (unpaired) electrons. The molecule has 0 aromatic heterocycles. The Hall–Kier alpha value is -0.615. The van der Waals surface area contributed by atoms with Gasteiger partial charge in [-0.25, -0.2) is 6.42 Å². The number of rotatable bonds is 9. The summed E-state index contributed by atoms with van der Waals surface area (Å²) in [6, 6.07) is 21.6. The Morgan fingerprint density at radius 1 is 0.735 bits per heavy atom. The monoisotopic (exact) mass is 446 g/mol. The van der Waals surface area contributed by atoms with Crippen LogP contribution in [0.4, 0.5) is 0 Å². The molecule has 0 bridgehead atoms. The van der Waals surface area contributed by atoms with Gasteiger partial charge in [-0.2, -0.15) is 30.7 Å². The maximum atomic E-state index is 4.80. The van der Waals surface area contributed by atoms with Crippen LogP contribution in [0.1, 0.15) is 62.1 Å². The van der Waals surface area contributed by atoms with Gasteiger partial charge in [-0.05, 0) is 65.0 Å². The summed E-state index contributed by atoms with van der Waals surface area (Å²) < 4.78 is 0. The maximum Gasteiger partial charge on any atom is 1.00 e. The van der Waals surface area contributed by atoms with Crippen molar-refractivity contribution in [1.29, 1.82) is 0 Å². The molecule has 0 N–H and O–H groups in total. The van der Waals surface area contributed by atoms with E-state index in [-0.39, 0.29) is 37.7 Å². The molecule has 3 nitrogen and oxygen atoms in total. The van der Waals surface area contributed by atoms with E-state index >= 15 is 0 Å². The molecule has 176 valence electrons. The van der Waals surface area contributed by atoms with Crippen LogP contribution in [0.2, 0.25) is 0 Å². The first-order valence-corrected chi connectivity index (χ1v) is 12.7. The molecule has 2 saturated heterocycles. The van der Waals surface area contributed by atoms with Gasteiger partial charge in [-0.15, -0.1) is 12.1 Å². The fourth-order valence-corrected chi connectivity index (χ4v) is 4.54. The fraction of sp³-hybridized carbons (Fsp3) is 0.517. The zero-order chi connectivity index (χ0) is 22.3. The quantitative estimate of drug-likeness (QED) is 0.414. The summed E-state index contributed by atoms with van der Waals surface area (Å²) in [5.41, 5.74) is 2.69. The summed E-state index contributed by atoms with van der Waals surface area (Å²) in [4.78, 5) is 5.10. The first kappa shape index (κ1) is 31.4. The molecule has 34 heavy (non-hydrogen) atoms. The Morgan fingerprint density at radius 2 is 1.26 bits per heavy atom. The standard InChI is InChI=1S/C16H24N2.C13H18N.2Li/c1-2-11-17-16(15-9-5-3-6-10-15)14-18-12-7-4-8-13-18;1-3-7-13(8-4-1)9-12-14-10-5-2-6-11-14;;/h3,5-6,9-10,16H,1-2,4,7-8,11-14H2;1,3-4,7-9H,2,5-6,10-12H2;;/q-2;-1;2*+1/t16-;;;/m0.../s1. The van der Waals surface area contributed by atoms with E-state index in [4.69, 9.17) is 5.32 Å².